The van der Waals surface area contributed by atoms with E-state index in [-0.39, 0.29) is 11.5 Å². The summed E-state index contributed by atoms with van der Waals surface area (Å²) in [4.78, 5) is 16.3. The first-order valence-electron chi connectivity index (χ1n) is 10.1. The molecule has 1 aliphatic rings. The molecule has 0 unspecified atom stereocenters. The Morgan fingerprint density at radius 2 is 1.59 bits per heavy atom. The third-order valence-corrected chi connectivity index (χ3v) is 5.38. The predicted molar refractivity (Wildman–Crippen MR) is 114 cm³/mol. The lowest BCUT2D eigenvalue weighted by molar-refractivity contribution is -0.137. The summed E-state index contributed by atoms with van der Waals surface area (Å²) in [5.41, 5.74) is 1.02. The number of carbonyl (C=O) groups excluding carboxylic acids is 1. The predicted octanol–water partition coefficient (Wildman–Crippen LogP) is 4.13. The van der Waals surface area contributed by atoms with E-state index < -0.39 is 11.7 Å². The van der Waals surface area contributed by atoms with Gasteiger partial charge in [-0.25, -0.2) is 0 Å². The molecule has 0 radical (unpaired) electrons. The van der Waals surface area contributed by atoms with Crippen LogP contribution >= 0.6 is 0 Å². The van der Waals surface area contributed by atoms with Crippen molar-refractivity contribution in [1.29, 1.82) is 0 Å². The third kappa shape index (κ3) is 4.51. The van der Waals surface area contributed by atoms with Gasteiger partial charge in [-0.05, 0) is 48.5 Å². The standard InChI is InChI=1S/C23H21F3N4O2/c1-32-20-5-3-2-4-18(20)19-10-11-21(28-27-19)29-12-14-30(15-13-29)22(31)16-6-8-17(9-7-16)23(24,25)26/h2-11H,12-15H2,1H3. The fourth-order valence-corrected chi connectivity index (χ4v) is 3.62. The van der Waals surface area contributed by atoms with Gasteiger partial charge in [0.2, 0.25) is 0 Å². The molecule has 1 aromatic heterocycles. The van der Waals surface area contributed by atoms with Crippen molar-refractivity contribution in [1.82, 2.24) is 15.1 Å². The Labute approximate surface area is 183 Å². The Hall–Kier alpha value is -3.62. The SMILES string of the molecule is COc1ccccc1-c1ccc(N2CCN(C(=O)c3ccc(C(F)(F)F)cc3)CC2)nn1. The van der Waals surface area contributed by atoms with Crippen LogP contribution in [0.2, 0.25) is 0 Å². The van der Waals surface area contributed by atoms with Crippen LogP contribution in [0.5, 0.6) is 5.75 Å². The van der Waals surface area contributed by atoms with Crippen LogP contribution in [0, 0.1) is 0 Å². The van der Waals surface area contributed by atoms with Crippen LogP contribution in [-0.2, 0) is 6.18 Å². The number of halogens is 3. The quantitative estimate of drug-likeness (QED) is 0.608. The number of alkyl halides is 3. The lowest BCUT2D eigenvalue weighted by Crippen LogP contribution is -2.49. The maximum atomic E-state index is 12.7. The molecule has 6 nitrogen and oxygen atoms in total. The number of nitrogens with zero attached hydrogens (tertiary/aromatic N) is 4. The van der Waals surface area contributed by atoms with Gasteiger partial charge in [-0.1, -0.05) is 12.1 Å². The molecule has 2 heterocycles. The summed E-state index contributed by atoms with van der Waals surface area (Å²) in [5.74, 6) is 1.13. The maximum absolute atomic E-state index is 12.7. The van der Waals surface area contributed by atoms with E-state index in [0.29, 0.717) is 43.4 Å². The van der Waals surface area contributed by atoms with E-state index in [9.17, 15) is 18.0 Å². The summed E-state index contributed by atoms with van der Waals surface area (Å²) < 4.78 is 43.5. The molecule has 1 fully saturated rings. The molecule has 3 aromatic rings. The number of benzene rings is 2. The van der Waals surface area contributed by atoms with Crippen LogP contribution in [0.1, 0.15) is 15.9 Å². The first-order valence-corrected chi connectivity index (χ1v) is 10.1. The van der Waals surface area contributed by atoms with Crippen molar-refractivity contribution in [2.45, 2.75) is 6.18 Å². The Morgan fingerprint density at radius 1 is 0.906 bits per heavy atom. The number of piperazine rings is 1. The van der Waals surface area contributed by atoms with Crippen LogP contribution in [0.15, 0.2) is 60.7 Å². The lowest BCUT2D eigenvalue weighted by atomic mass is 10.1. The highest BCUT2D eigenvalue weighted by Gasteiger charge is 2.31. The summed E-state index contributed by atoms with van der Waals surface area (Å²) in [6, 6.07) is 15.6. The smallest absolute Gasteiger partial charge is 0.416 e. The number of hydrogen-bond acceptors (Lipinski definition) is 5. The van der Waals surface area contributed by atoms with Crippen LogP contribution in [0.25, 0.3) is 11.3 Å². The highest BCUT2D eigenvalue weighted by atomic mass is 19.4. The van der Waals surface area contributed by atoms with Gasteiger partial charge in [-0.2, -0.15) is 13.2 Å². The molecule has 1 aliphatic heterocycles. The van der Waals surface area contributed by atoms with E-state index in [4.69, 9.17) is 4.74 Å². The Kier molecular flexibility index (Phi) is 5.98. The fourth-order valence-electron chi connectivity index (χ4n) is 3.62. The van der Waals surface area contributed by atoms with Gasteiger partial charge >= 0.3 is 6.18 Å². The Bertz CT molecular complexity index is 1080. The van der Waals surface area contributed by atoms with E-state index >= 15 is 0 Å². The van der Waals surface area contributed by atoms with Crippen molar-refractivity contribution in [2.75, 3.05) is 38.2 Å². The molecule has 1 amide bonds. The minimum Gasteiger partial charge on any atom is -0.496 e. The van der Waals surface area contributed by atoms with Crippen molar-refractivity contribution in [3.05, 3.63) is 71.8 Å². The summed E-state index contributed by atoms with van der Waals surface area (Å²) in [6.45, 7) is 1.98. The average molecular weight is 442 g/mol. The molecular weight excluding hydrogens is 421 g/mol. The van der Waals surface area contributed by atoms with E-state index in [2.05, 4.69) is 10.2 Å². The largest absolute Gasteiger partial charge is 0.496 e. The second kappa shape index (κ2) is 8.86. The van der Waals surface area contributed by atoms with Gasteiger partial charge in [0.1, 0.15) is 5.75 Å². The van der Waals surface area contributed by atoms with Gasteiger partial charge in [-0.3, -0.25) is 4.79 Å². The summed E-state index contributed by atoms with van der Waals surface area (Å²) in [6.07, 6.45) is -4.42. The Morgan fingerprint density at radius 3 is 2.19 bits per heavy atom. The third-order valence-electron chi connectivity index (χ3n) is 5.38. The van der Waals surface area contributed by atoms with Gasteiger partial charge in [0.05, 0.1) is 18.4 Å². The van der Waals surface area contributed by atoms with E-state index in [1.54, 1.807) is 12.0 Å². The molecule has 166 valence electrons. The van der Waals surface area contributed by atoms with Crippen molar-refractivity contribution in [2.24, 2.45) is 0 Å². The summed E-state index contributed by atoms with van der Waals surface area (Å²) >= 11 is 0. The van der Waals surface area contributed by atoms with Gasteiger partial charge in [0, 0.05) is 37.3 Å². The number of methoxy groups -OCH3 is 1. The highest BCUT2D eigenvalue weighted by molar-refractivity contribution is 5.94. The molecule has 0 bridgehead atoms. The van der Waals surface area contributed by atoms with E-state index in [1.807, 2.05) is 41.3 Å². The molecule has 0 atom stereocenters. The molecule has 4 rings (SSSR count). The molecule has 2 aromatic carbocycles. The molecule has 1 saturated heterocycles. The number of amides is 1. The normalized spacial score (nSPS) is 14.4. The average Bonchev–Trinajstić information content (AvgIpc) is 2.83. The zero-order valence-corrected chi connectivity index (χ0v) is 17.3. The van der Waals surface area contributed by atoms with Gasteiger partial charge in [0.25, 0.3) is 5.91 Å². The number of aromatic nitrogens is 2. The van der Waals surface area contributed by atoms with Crippen molar-refractivity contribution >= 4 is 11.7 Å². The van der Waals surface area contributed by atoms with E-state index in [1.165, 1.54) is 12.1 Å². The number of carbonyl (C=O) groups is 1. The summed E-state index contributed by atoms with van der Waals surface area (Å²) in [7, 11) is 1.60. The second-order valence-corrected chi connectivity index (χ2v) is 7.33. The molecule has 0 aliphatic carbocycles. The first-order chi connectivity index (χ1) is 15.4. The van der Waals surface area contributed by atoms with Gasteiger partial charge in [0.15, 0.2) is 5.82 Å². The monoisotopic (exact) mass is 442 g/mol. The zero-order valence-electron chi connectivity index (χ0n) is 17.3. The number of rotatable bonds is 4. The van der Waals surface area contributed by atoms with Crippen LogP contribution in [0.3, 0.4) is 0 Å². The molecule has 0 N–H and O–H groups in total. The summed E-state index contributed by atoms with van der Waals surface area (Å²) in [5, 5.41) is 8.64. The van der Waals surface area contributed by atoms with Gasteiger partial charge in [-0.15, -0.1) is 10.2 Å². The van der Waals surface area contributed by atoms with Crippen LogP contribution < -0.4 is 9.64 Å². The minimum absolute atomic E-state index is 0.243. The topological polar surface area (TPSA) is 58.6 Å². The molecule has 32 heavy (non-hydrogen) atoms. The number of anilines is 1. The minimum atomic E-state index is -4.42. The van der Waals surface area contributed by atoms with Gasteiger partial charge < -0.3 is 14.5 Å². The number of para-hydroxylation sites is 1. The Balaban J connectivity index is 1.39. The molecular formula is C23H21F3N4O2. The van der Waals surface area contributed by atoms with Crippen molar-refractivity contribution in [3.63, 3.8) is 0 Å². The fraction of sp³-hybridized carbons (Fsp3) is 0.261. The molecule has 9 heteroatoms. The molecule has 0 saturated carbocycles. The second-order valence-electron chi connectivity index (χ2n) is 7.33. The van der Waals surface area contributed by atoms with Crippen molar-refractivity contribution < 1.29 is 22.7 Å². The maximum Gasteiger partial charge on any atom is 0.416 e. The van der Waals surface area contributed by atoms with Crippen molar-refractivity contribution in [3.8, 4) is 17.0 Å². The zero-order chi connectivity index (χ0) is 22.7. The van der Waals surface area contributed by atoms with Crippen LogP contribution in [0.4, 0.5) is 19.0 Å². The highest BCUT2D eigenvalue weighted by Crippen LogP contribution is 2.30. The first kappa shape index (κ1) is 21.6. The van der Waals surface area contributed by atoms with Crippen LogP contribution in [-0.4, -0.2) is 54.3 Å². The molecule has 0 spiro atoms. The van der Waals surface area contributed by atoms with E-state index in [0.717, 1.165) is 17.7 Å². The lowest BCUT2D eigenvalue weighted by Gasteiger charge is -2.35. The number of ether oxygens (including phenoxy) is 1. The number of hydrogen-bond donors (Lipinski definition) is 0.